The molecule has 1 saturated heterocycles. The van der Waals surface area contributed by atoms with Gasteiger partial charge in [0, 0.05) is 41.5 Å². The Labute approximate surface area is 241 Å². The Morgan fingerprint density at radius 2 is 2.05 bits per heavy atom. The van der Waals surface area contributed by atoms with Crippen LogP contribution in [0.1, 0.15) is 48.2 Å². The zero-order chi connectivity index (χ0) is 29.1. The number of imidazole rings is 1. The van der Waals surface area contributed by atoms with Crippen molar-refractivity contribution in [2.75, 3.05) is 19.7 Å². The van der Waals surface area contributed by atoms with Crippen LogP contribution in [-0.4, -0.2) is 56.3 Å². The first-order valence-electron chi connectivity index (χ1n) is 13.4. The summed E-state index contributed by atoms with van der Waals surface area (Å²) in [6, 6.07) is 7.15. The van der Waals surface area contributed by atoms with Crippen molar-refractivity contribution in [3.63, 3.8) is 0 Å². The Morgan fingerprint density at radius 3 is 2.71 bits per heavy atom. The Hall–Kier alpha value is -3.60. The summed E-state index contributed by atoms with van der Waals surface area (Å²) in [5.74, 6) is -1.46. The van der Waals surface area contributed by atoms with Crippen molar-refractivity contribution in [3.8, 4) is 5.88 Å². The average molecular weight is 585 g/mol. The van der Waals surface area contributed by atoms with Gasteiger partial charge in [-0.3, -0.25) is 4.90 Å². The van der Waals surface area contributed by atoms with E-state index in [0.717, 1.165) is 36.7 Å². The first-order valence-corrected chi connectivity index (χ1v) is 13.8. The van der Waals surface area contributed by atoms with Crippen molar-refractivity contribution in [2.24, 2.45) is 0 Å². The van der Waals surface area contributed by atoms with Crippen molar-refractivity contribution in [2.45, 2.75) is 52.5 Å². The molecule has 216 valence electrons. The van der Waals surface area contributed by atoms with Crippen LogP contribution in [0.25, 0.3) is 11.6 Å². The van der Waals surface area contributed by atoms with Gasteiger partial charge in [0.25, 0.3) is 5.88 Å². The van der Waals surface area contributed by atoms with Gasteiger partial charge >= 0.3 is 5.97 Å². The molecule has 1 N–H and O–H groups in total. The van der Waals surface area contributed by atoms with Crippen LogP contribution in [0.15, 0.2) is 42.0 Å². The fraction of sp³-hybridized carbons (Fsp3) is 0.367. The first-order chi connectivity index (χ1) is 19.7. The van der Waals surface area contributed by atoms with Crippen molar-refractivity contribution in [3.05, 3.63) is 87.1 Å². The first kappa shape index (κ1) is 28.9. The van der Waals surface area contributed by atoms with E-state index < -0.39 is 17.6 Å². The van der Waals surface area contributed by atoms with Crippen LogP contribution in [-0.2, 0) is 29.2 Å². The number of rotatable bonds is 10. The zero-order valence-corrected chi connectivity index (χ0v) is 23.6. The van der Waals surface area contributed by atoms with E-state index in [1.165, 1.54) is 18.2 Å². The molecular formula is C30H31ClF2N4O4. The predicted molar refractivity (Wildman–Crippen MR) is 150 cm³/mol. The highest BCUT2D eigenvalue weighted by Crippen LogP contribution is 2.27. The second kappa shape index (κ2) is 12.5. The molecule has 3 aromatic rings. The van der Waals surface area contributed by atoms with Gasteiger partial charge < -0.3 is 19.1 Å². The maximum Gasteiger partial charge on any atom is 0.331 e. The van der Waals surface area contributed by atoms with Gasteiger partial charge in [-0.15, -0.1) is 0 Å². The highest BCUT2D eigenvalue weighted by molar-refractivity contribution is 6.30. The molecule has 0 bridgehead atoms. The van der Waals surface area contributed by atoms with E-state index in [-0.39, 0.29) is 34.8 Å². The zero-order valence-electron chi connectivity index (χ0n) is 22.9. The lowest BCUT2D eigenvalue weighted by atomic mass is 10.0. The molecule has 2 aromatic heterocycles. The number of aliphatic carboxylic acids is 1. The van der Waals surface area contributed by atoms with Gasteiger partial charge in [-0.05, 0) is 62.6 Å². The van der Waals surface area contributed by atoms with Crippen LogP contribution in [0.2, 0.25) is 5.02 Å². The lowest BCUT2D eigenvalue weighted by molar-refractivity contribution is -0.132. The summed E-state index contributed by atoms with van der Waals surface area (Å²) >= 11 is 5.80. The molecule has 1 atom stereocenters. The van der Waals surface area contributed by atoms with Gasteiger partial charge in [-0.25, -0.2) is 23.5 Å². The van der Waals surface area contributed by atoms with Crippen LogP contribution < -0.4 is 4.74 Å². The van der Waals surface area contributed by atoms with Crippen LogP contribution in [0.5, 0.6) is 5.88 Å². The molecule has 1 fully saturated rings. The summed E-state index contributed by atoms with van der Waals surface area (Å²) in [4.78, 5) is 22.8. The maximum absolute atomic E-state index is 14.4. The third-order valence-corrected chi connectivity index (χ3v) is 7.62. The molecule has 0 aliphatic carbocycles. The number of ether oxygens (including phenoxy) is 2. The quantitative estimate of drug-likeness (QED) is 0.307. The summed E-state index contributed by atoms with van der Waals surface area (Å²) in [6.07, 6.45) is 5.45. The summed E-state index contributed by atoms with van der Waals surface area (Å²) in [6.45, 7) is 6.69. The van der Waals surface area contributed by atoms with E-state index in [4.69, 9.17) is 26.1 Å². The van der Waals surface area contributed by atoms with Gasteiger partial charge in [0.1, 0.15) is 18.2 Å². The molecule has 0 amide bonds. The van der Waals surface area contributed by atoms with Crippen LogP contribution in [0.3, 0.4) is 0 Å². The van der Waals surface area contributed by atoms with E-state index in [2.05, 4.69) is 20.5 Å². The third-order valence-electron chi connectivity index (χ3n) is 7.39. The third kappa shape index (κ3) is 6.83. The minimum Gasteiger partial charge on any atom is -0.478 e. The maximum atomic E-state index is 14.4. The fourth-order valence-corrected chi connectivity index (χ4v) is 4.95. The molecular weight excluding hydrogens is 554 g/mol. The highest BCUT2D eigenvalue weighted by Gasteiger charge is 2.24. The van der Waals surface area contributed by atoms with Crippen molar-refractivity contribution in [1.29, 1.82) is 0 Å². The van der Waals surface area contributed by atoms with Crippen molar-refractivity contribution >= 4 is 29.2 Å². The number of aromatic nitrogens is 3. The molecule has 0 saturated carbocycles. The Kier molecular flexibility index (Phi) is 8.82. The number of carboxylic acid groups (broad SMARTS) is 1. The topological polar surface area (TPSA) is 89.7 Å². The number of hydrogen-bond acceptors (Lipinski definition) is 6. The second-order valence-electron chi connectivity index (χ2n) is 10.2. The van der Waals surface area contributed by atoms with E-state index in [9.17, 15) is 18.7 Å². The Balaban J connectivity index is 1.28. The number of hydrogen-bond donors (Lipinski definition) is 1. The average Bonchev–Trinajstić information content (AvgIpc) is 3.20. The number of nitrogens with zero attached hydrogens (tertiary/aromatic N) is 4. The van der Waals surface area contributed by atoms with E-state index >= 15 is 0 Å². The molecule has 11 heteroatoms. The van der Waals surface area contributed by atoms with Gasteiger partial charge in [0.15, 0.2) is 5.82 Å². The number of benzene rings is 1. The van der Waals surface area contributed by atoms with Crippen molar-refractivity contribution in [1.82, 2.24) is 19.4 Å². The van der Waals surface area contributed by atoms with E-state index in [1.54, 1.807) is 25.1 Å². The minimum atomic E-state index is -0.975. The van der Waals surface area contributed by atoms with Crippen LogP contribution in [0.4, 0.5) is 8.78 Å². The molecule has 2 aliphatic rings. The summed E-state index contributed by atoms with van der Waals surface area (Å²) in [5, 5.41) is 9.60. The molecule has 0 spiro atoms. The number of carboxylic acids is 1. The van der Waals surface area contributed by atoms with Gasteiger partial charge in [0.05, 0.1) is 30.6 Å². The molecule has 41 heavy (non-hydrogen) atoms. The predicted octanol–water partition coefficient (Wildman–Crippen LogP) is 5.66. The molecule has 5 rings (SSSR count). The van der Waals surface area contributed by atoms with E-state index in [1.807, 2.05) is 6.92 Å². The lowest BCUT2D eigenvalue weighted by Crippen LogP contribution is -2.34. The summed E-state index contributed by atoms with van der Waals surface area (Å²) < 4.78 is 41.8. The Morgan fingerprint density at radius 1 is 1.24 bits per heavy atom. The lowest BCUT2D eigenvalue weighted by Gasteiger charge is -2.29. The van der Waals surface area contributed by atoms with Crippen molar-refractivity contribution < 1.29 is 28.2 Å². The minimum absolute atomic E-state index is 0.129. The summed E-state index contributed by atoms with van der Waals surface area (Å²) in [7, 11) is 0. The van der Waals surface area contributed by atoms with Gasteiger partial charge in [-0.1, -0.05) is 23.7 Å². The van der Waals surface area contributed by atoms with E-state index in [0.29, 0.717) is 37.4 Å². The largest absolute Gasteiger partial charge is 0.478 e. The molecule has 0 radical (unpaired) electrons. The summed E-state index contributed by atoms with van der Waals surface area (Å²) in [5.41, 5.74) is 3.60. The van der Waals surface area contributed by atoms with Crippen LogP contribution >= 0.6 is 11.6 Å². The number of carbonyl (C=O) groups is 1. The molecule has 1 unspecified atom stereocenters. The van der Waals surface area contributed by atoms with Gasteiger partial charge in [0.2, 0.25) is 0 Å². The highest BCUT2D eigenvalue weighted by atomic mass is 35.5. The van der Waals surface area contributed by atoms with Gasteiger partial charge in [-0.2, -0.15) is 0 Å². The smallest absolute Gasteiger partial charge is 0.331 e. The second-order valence-corrected chi connectivity index (χ2v) is 10.7. The Bertz CT molecular complexity index is 1520. The molecule has 2 aliphatic heterocycles. The SMILES string of the molecule is C/C(=C\c1nc(CN2CC=C(c3ccc(F)c(OCc4ccc(Cl)cc4F)n3)CC2)n(CC2CCO2)c1C)C(=O)O. The molecule has 1 aromatic carbocycles. The van der Waals surface area contributed by atoms with Crippen LogP contribution in [0, 0.1) is 18.6 Å². The molecule has 4 heterocycles. The standard InChI is InChI=1S/C30H31ClF2N4O4/c1-18(30(38)39)13-27-19(2)37(15-23-9-12-40-23)28(34-27)16-36-10-7-20(8-11-36)26-6-5-24(32)29(35-26)41-17-21-3-4-22(31)14-25(21)33/h3-7,13-14,23H,8-12,15-17H2,1-2H3,(H,38,39)/b18-13+. The number of pyridine rings is 1. The number of halogens is 3. The normalized spacial score (nSPS) is 17.7. The monoisotopic (exact) mass is 584 g/mol. The fourth-order valence-electron chi connectivity index (χ4n) is 4.79. The molecule has 8 nitrogen and oxygen atoms in total.